The topological polar surface area (TPSA) is 39.2 Å². The number of ether oxygens (including phenoxy) is 1. The predicted molar refractivity (Wildman–Crippen MR) is 68.4 cm³/mol. The zero-order valence-corrected chi connectivity index (χ0v) is 11.1. The van der Waals surface area contributed by atoms with Gasteiger partial charge in [0.1, 0.15) is 11.4 Å². The molecule has 0 atom stereocenters. The Morgan fingerprint density at radius 1 is 1.26 bits per heavy atom. The van der Waals surface area contributed by atoms with E-state index in [2.05, 4.69) is 25.7 Å². The Labute approximate surface area is 116 Å². The van der Waals surface area contributed by atoms with E-state index in [0.29, 0.717) is 4.47 Å². The molecule has 0 aliphatic rings. The summed E-state index contributed by atoms with van der Waals surface area (Å²) in [5, 5.41) is 0. The van der Waals surface area contributed by atoms with E-state index < -0.39 is 6.61 Å². The molecular formula is C13H8BrF2NO2. The Bertz CT molecular complexity index is 590. The molecule has 6 heteroatoms. The first kappa shape index (κ1) is 13.6. The van der Waals surface area contributed by atoms with Gasteiger partial charge < -0.3 is 4.74 Å². The summed E-state index contributed by atoms with van der Waals surface area (Å²) >= 11 is 3.15. The average Bonchev–Trinajstić information content (AvgIpc) is 2.37. The summed E-state index contributed by atoms with van der Waals surface area (Å²) in [6, 6.07) is 9.05. The summed E-state index contributed by atoms with van der Waals surface area (Å²) in [6.07, 6.45) is 1.49. The van der Waals surface area contributed by atoms with E-state index in [1.807, 2.05) is 0 Å². The van der Waals surface area contributed by atoms with E-state index >= 15 is 0 Å². The third-order valence-corrected chi connectivity index (χ3v) is 2.71. The van der Waals surface area contributed by atoms with Gasteiger partial charge in [-0.05, 0) is 30.3 Å². The Kier molecular flexibility index (Phi) is 4.21. The lowest BCUT2D eigenvalue weighted by Crippen LogP contribution is -2.06. The van der Waals surface area contributed by atoms with Gasteiger partial charge >= 0.3 is 6.61 Å². The number of carbonyl (C=O) groups excluding carboxylic acids is 1. The molecule has 3 nitrogen and oxygen atoms in total. The van der Waals surface area contributed by atoms with E-state index in [-0.39, 0.29) is 22.8 Å². The first-order valence-electron chi connectivity index (χ1n) is 5.27. The number of pyridine rings is 1. The van der Waals surface area contributed by atoms with Crippen molar-refractivity contribution in [3.63, 3.8) is 0 Å². The Balaban J connectivity index is 2.34. The van der Waals surface area contributed by atoms with Crippen LogP contribution < -0.4 is 4.74 Å². The number of benzene rings is 1. The molecule has 1 aromatic heterocycles. The Morgan fingerprint density at radius 3 is 2.68 bits per heavy atom. The molecule has 0 amide bonds. The van der Waals surface area contributed by atoms with Crippen LogP contribution >= 0.6 is 15.9 Å². The van der Waals surface area contributed by atoms with Crippen LogP contribution in [-0.2, 0) is 0 Å². The highest BCUT2D eigenvalue weighted by Gasteiger charge is 2.13. The number of hydrogen-bond acceptors (Lipinski definition) is 3. The van der Waals surface area contributed by atoms with E-state index in [4.69, 9.17) is 0 Å². The van der Waals surface area contributed by atoms with Gasteiger partial charge in [-0.15, -0.1) is 0 Å². The molecule has 0 bridgehead atoms. The minimum Gasteiger partial charge on any atom is -0.435 e. The SMILES string of the molecule is O=C(c1cc(Br)cc(OC(F)F)c1)c1ccccn1. The second-order valence-electron chi connectivity index (χ2n) is 3.60. The second-order valence-corrected chi connectivity index (χ2v) is 4.51. The number of rotatable bonds is 4. The molecule has 0 N–H and O–H groups in total. The van der Waals surface area contributed by atoms with Crippen molar-refractivity contribution in [3.05, 3.63) is 58.3 Å². The minimum atomic E-state index is -2.94. The highest BCUT2D eigenvalue weighted by Crippen LogP contribution is 2.24. The molecule has 1 aromatic carbocycles. The number of alkyl halides is 2. The first-order chi connectivity index (χ1) is 9.06. The summed E-state index contributed by atoms with van der Waals surface area (Å²) in [7, 11) is 0. The number of carbonyl (C=O) groups is 1. The van der Waals surface area contributed by atoms with Crippen molar-refractivity contribution in [1.82, 2.24) is 4.98 Å². The van der Waals surface area contributed by atoms with Crippen LogP contribution in [0, 0.1) is 0 Å². The van der Waals surface area contributed by atoms with Crippen molar-refractivity contribution >= 4 is 21.7 Å². The molecule has 0 aliphatic carbocycles. The van der Waals surface area contributed by atoms with Crippen molar-refractivity contribution in [2.24, 2.45) is 0 Å². The van der Waals surface area contributed by atoms with Gasteiger partial charge in [0.25, 0.3) is 0 Å². The zero-order valence-electron chi connectivity index (χ0n) is 9.52. The third-order valence-electron chi connectivity index (χ3n) is 2.26. The average molecular weight is 328 g/mol. The molecule has 0 radical (unpaired) electrons. The Hall–Kier alpha value is -1.82. The standard InChI is InChI=1S/C13H8BrF2NO2/c14-9-5-8(6-10(7-9)19-13(15)16)12(18)11-3-1-2-4-17-11/h1-7,13H. The molecule has 2 aromatic rings. The Morgan fingerprint density at radius 2 is 2.05 bits per heavy atom. The largest absolute Gasteiger partial charge is 0.435 e. The summed E-state index contributed by atoms with van der Waals surface area (Å²) in [5.41, 5.74) is 0.465. The van der Waals surface area contributed by atoms with Crippen molar-refractivity contribution in [3.8, 4) is 5.75 Å². The van der Waals surface area contributed by atoms with Crippen molar-refractivity contribution in [2.75, 3.05) is 0 Å². The highest BCUT2D eigenvalue weighted by molar-refractivity contribution is 9.10. The van der Waals surface area contributed by atoms with Crippen LogP contribution in [0.15, 0.2) is 47.1 Å². The zero-order chi connectivity index (χ0) is 13.8. The fourth-order valence-corrected chi connectivity index (χ4v) is 1.98. The minimum absolute atomic E-state index is 0.0799. The van der Waals surface area contributed by atoms with Gasteiger partial charge in [0, 0.05) is 16.2 Å². The maximum absolute atomic E-state index is 12.2. The fraction of sp³-hybridized carbons (Fsp3) is 0.0769. The molecular weight excluding hydrogens is 320 g/mol. The molecule has 0 unspecified atom stereocenters. The smallest absolute Gasteiger partial charge is 0.387 e. The number of ketones is 1. The monoisotopic (exact) mass is 327 g/mol. The van der Waals surface area contributed by atoms with Gasteiger partial charge in [0.15, 0.2) is 0 Å². The molecule has 0 saturated heterocycles. The van der Waals surface area contributed by atoms with E-state index in [1.54, 1.807) is 18.2 Å². The molecule has 1 heterocycles. The summed E-state index contributed by atoms with van der Waals surface area (Å²) < 4.78 is 29.1. The van der Waals surface area contributed by atoms with Gasteiger partial charge in [-0.1, -0.05) is 22.0 Å². The maximum atomic E-state index is 12.2. The maximum Gasteiger partial charge on any atom is 0.387 e. The predicted octanol–water partition coefficient (Wildman–Crippen LogP) is 3.68. The quantitative estimate of drug-likeness (QED) is 0.804. The molecule has 0 spiro atoms. The summed E-state index contributed by atoms with van der Waals surface area (Å²) in [4.78, 5) is 16.0. The van der Waals surface area contributed by atoms with Crippen LogP contribution in [0.25, 0.3) is 0 Å². The molecule has 0 aliphatic heterocycles. The van der Waals surface area contributed by atoms with Crippen LogP contribution in [-0.4, -0.2) is 17.4 Å². The summed E-state index contributed by atoms with van der Waals surface area (Å²) in [6.45, 7) is -2.94. The van der Waals surface area contributed by atoms with Gasteiger partial charge in [0.05, 0.1) is 0 Å². The molecule has 98 valence electrons. The number of nitrogens with zero attached hydrogens (tertiary/aromatic N) is 1. The molecule has 0 saturated carbocycles. The van der Waals surface area contributed by atoms with E-state index in [1.165, 1.54) is 24.4 Å². The van der Waals surface area contributed by atoms with Crippen molar-refractivity contribution in [2.45, 2.75) is 6.61 Å². The van der Waals surface area contributed by atoms with Crippen LogP contribution in [0.5, 0.6) is 5.75 Å². The lowest BCUT2D eigenvalue weighted by Gasteiger charge is -2.07. The third kappa shape index (κ3) is 3.57. The van der Waals surface area contributed by atoms with Gasteiger partial charge in [0.2, 0.25) is 5.78 Å². The van der Waals surface area contributed by atoms with Crippen molar-refractivity contribution < 1.29 is 18.3 Å². The normalized spacial score (nSPS) is 10.5. The van der Waals surface area contributed by atoms with E-state index in [0.717, 1.165) is 0 Å². The number of hydrogen-bond donors (Lipinski definition) is 0. The lowest BCUT2D eigenvalue weighted by molar-refractivity contribution is -0.0499. The highest BCUT2D eigenvalue weighted by atomic mass is 79.9. The van der Waals surface area contributed by atoms with Gasteiger partial charge in [-0.2, -0.15) is 8.78 Å². The van der Waals surface area contributed by atoms with Crippen LogP contribution in [0.4, 0.5) is 8.78 Å². The fourth-order valence-electron chi connectivity index (χ4n) is 1.51. The summed E-state index contributed by atoms with van der Waals surface area (Å²) in [5.74, 6) is -0.440. The van der Waals surface area contributed by atoms with Crippen LogP contribution in [0.3, 0.4) is 0 Å². The van der Waals surface area contributed by atoms with Crippen LogP contribution in [0.1, 0.15) is 16.1 Å². The molecule has 0 fully saturated rings. The molecule has 19 heavy (non-hydrogen) atoms. The van der Waals surface area contributed by atoms with Crippen LogP contribution in [0.2, 0.25) is 0 Å². The molecule has 2 rings (SSSR count). The van der Waals surface area contributed by atoms with Gasteiger partial charge in [-0.3, -0.25) is 9.78 Å². The lowest BCUT2D eigenvalue weighted by atomic mass is 10.1. The first-order valence-corrected chi connectivity index (χ1v) is 6.06. The van der Waals surface area contributed by atoms with E-state index in [9.17, 15) is 13.6 Å². The number of halogens is 3. The number of aromatic nitrogens is 1. The second kappa shape index (κ2) is 5.88. The van der Waals surface area contributed by atoms with Crippen molar-refractivity contribution in [1.29, 1.82) is 0 Å². The van der Waals surface area contributed by atoms with Gasteiger partial charge in [-0.25, -0.2) is 0 Å².